The zero-order chi connectivity index (χ0) is 13.7. The number of ether oxygens (including phenoxy) is 1. The van der Waals surface area contributed by atoms with Gasteiger partial charge in [0.2, 0.25) is 0 Å². The number of pyridine rings is 1. The third-order valence-corrected chi connectivity index (χ3v) is 3.02. The Morgan fingerprint density at radius 1 is 1.26 bits per heavy atom. The summed E-state index contributed by atoms with van der Waals surface area (Å²) in [6.07, 6.45) is 3.49. The molecule has 0 radical (unpaired) electrons. The van der Waals surface area contributed by atoms with E-state index >= 15 is 0 Å². The van der Waals surface area contributed by atoms with Crippen molar-refractivity contribution in [3.8, 4) is 5.75 Å². The Kier molecular flexibility index (Phi) is 4.36. The highest BCUT2D eigenvalue weighted by Gasteiger charge is 2.18. The molecule has 0 aliphatic carbocycles. The maximum Gasteiger partial charge on any atom is 0.124 e. The third-order valence-electron chi connectivity index (χ3n) is 3.02. The largest absolute Gasteiger partial charge is 0.494 e. The topological polar surface area (TPSA) is 60.2 Å². The molecule has 0 aliphatic rings. The molecule has 2 rings (SSSR count). The summed E-state index contributed by atoms with van der Waals surface area (Å²) in [7, 11) is 1.90. The fourth-order valence-corrected chi connectivity index (χ4v) is 2.14. The van der Waals surface area contributed by atoms with Crippen molar-refractivity contribution in [2.75, 3.05) is 19.4 Å². The quantitative estimate of drug-likeness (QED) is 0.863. The van der Waals surface area contributed by atoms with Crippen molar-refractivity contribution < 1.29 is 4.74 Å². The van der Waals surface area contributed by atoms with Crippen LogP contribution in [-0.2, 0) is 0 Å². The molecule has 4 heteroatoms. The van der Waals surface area contributed by atoms with Gasteiger partial charge < -0.3 is 15.8 Å². The first-order valence-electron chi connectivity index (χ1n) is 6.36. The average molecular weight is 257 g/mol. The summed E-state index contributed by atoms with van der Waals surface area (Å²) >= 11 is 0. The number of aromatic nitrogens is 1. The lowest BCUT2D eigenvalue weighted by molar-refractivity contribution is 0.334. The molecule has 1 aromatic carbocycles. The number of rotatable bonds is 5. The second kappa shape index (κ2) is 6.20. The van der Waals surface area contributed by atoms with E-state index in [0.717, 1.165) is 22.6 Å². The molecule has 19 heavy (non-hydrogen) atoms. The molecule has 0 spiro atoms. The number of hydrogen-bond acceptors (Lipinski definition) is 4. The lowest BCUT2D eigenvalue weighted by Gasteiger charge is -2.21. The van der Waals surface area contributed by atoms with Gasteiger partial charge in [0.25, 0.3) is 0 Å². The number of nitrogens with two attached hydrogens (primary N) is 1. The predicted octanol–water partition coefficient (Wildman–Crippen LogP) is 2.37. The molecule has 100 valence electrons. The van der Waals surface area contributed by atoms with Crippen LogP contribution >= 0.6 is 0 Å². The van der Waals surface area contributed by atoms with Crippen LogP contribution in [0.3, 0.4) is 0 Å². The van der Waals surface area contributed by atoms with Gasteiger partial charge in [-0.15, -0.1) is 0 Å². The molecule has 3 N–H and O–H groups in total. The van der Waals surface area contributed by atoms with Crippen molar-refractivity contribution in [3.05, 3.63) is 53.9 Å². The molecule has 1 aromatic heterocycles. The van der Waals surface area contributed by atoms with E-state index in [4.69, 9.17) is 10.5 Å². The van der Waals surface area contributed by atoms with Gasteiger partial charge in [0.1, 0.15) is 5.75 Å². The second-order valence-electron chi connectivity index (χ2n) is 4.20. The van der Waals surface area contributed by atoms with Crippen molar-refractivity contribution in [1.29, 1.82) is 0 Å². The van der Waals surface area contributed by atoms with Crippen LogP contribution in [0.2, 0.25) is 0 Å². The highest BCUT2D eigenvalue weighted by molar-refractivity contribution is 5.52. The Hall–Kier alpha value is -2.07. The third kappa shape index (κ3) is 2.85. The fraction of sp³-hybridized carbons (Fsp3) is 0.267. The zero-order valence-corrected chi connectivity index (χ0v) is 11.3. The normalized spacial score (nSPS) is 12.1. The first kappa shape index (κ1) is 13.4. The monoisotopic (exact) mass is 257 g/mol. The number of nitrogens with one attached hydrogen (secondary N) is 1. The summed E-state index contributed by atoms with van der Waals surface area (Å²) in [5.41, 5.74) is 8.78. The van der Waals surface area contributed by atoms with Crippen molar-refractivity contribution in [2.24, 2.45) is 0 Å². The van der Waals surface area contributed by atoms with Crippen LogP contribution in [0.25, 0.3) is 0 Å². The Morgan fingerprint density at radius 2 is 2.05 bits per heavy atom. The minimum Gasteiger partial charge on any atom is -0.494 e. The first-order chi connectivity index (χ1) is 9.27. The van der Waals surface area contributed by atoms with Crippen molar-refractivity contribution in [3.63, 3.8) is 0 Å². The van der Waals surface area contributed by atoms with Gasteiger partial charge in [0.15, 0.2) is 0 Å². The van der Waals surface area contributed by atoms with Crippen molar-refractivity contribution in [1.82, 2.24) is 10.3 Å². The van der Waals surface area contributed by atoms with Gasteiger partial charge >= 0.3 is 0 Å². The fourth-order valence-electron chi connectivity index (χ4n) is 2.14. The van der Waals surface area contributed by atoms with E-state index in [1.54, 1.807) is 12.4 Å². The highest BCUT2D eigenvalue weighted by Crippen LogP contribution is 2.31. The number of hydrogen-bond donors (Lipinski definition) is 2. The van der Waals surface area contributed by atoms with Crippen molar-refractivity contribution in [2.45, 2.75) is 13.0 Å². The van der Waals surface area contributed by atoms with Gasteiger partial charge in [-0.05, 0) is 26.1 Å². The molecule has 0 amide bonds. The van der Waals surface area contributed by atoms with Crippen LogP contribution in [0.15, 0.2) is 42.7 Å². The SMILES string of the molecule is CCOc1ccccc1C(NC)c1cnccc1N. The summed E-state index contributed by atoms with van der Waals surface area (Å²) < 4.78 is 5.68. The summed E-state index contributed by atoms with van der Waals surface area (Å²) in [4.78, 5) is 4.15. The van der Waals surface area contributed by atoms with E-state index in [0.29, 0.717) is 6.61 Å². The predicted molar refractivity (Wildman–Crippen MR) is 77.2 cm³/mol. The van der Waals surface area contributed by atoms with E-state index in [9.17, 15) is 0 Å². The highest BCUT2D eigenvalue weighted by atomic mass is 16.5. The molecule has 1 atom stereocenters. The van der Waals surface area contributed by atoms with Gasteiger partial charge in [-0.25, -0.2) is 0 Å². The molecule has 0 saturated heterocycles. The molecule has 0 bridgehead atoms. The van der Waals surface area contributed by atoms with Crippen LogP contribution in [0.4, 0.5) is 5.69 Å². The van der Waals surface area contributed by atoms with E-state index < -0.39 is 0 Å². The average Bonchev–Trinajstić information content (AvgIpc) is 2.44. The van der Waals surface area contributed by atoms with Crippen LogP contribution < -0.4 is 15.8 Å². The Balaban J connectivity index is 2.45. The molecule has 0 fully saturated rings. The molecule has 1 unspecified atom stereocenters. The van der Waals surface area contributed by atoms with Gasteiger partial charge in [-0.3, -0.25) is 4.98 Å². The Morgan fingerprint density at radius 3 is 2.74 bits per heavy atom. The smallest absolute Gasteiger partial charge is 0.124 e. The van der Waals surface area contributed by atoms with Gasteiger partial charge in [0.05, 0.1) is 12.6 Å². The number of anilines is 1. The molecule has 0 saturated carbocycles. The maximum atomic E-state index is 6.04. The van der Waals surface area contributed by atoms with Gasteiger partial charge in [-0.2, -0.15) is 0 Å². The summed E-state index contributed by atoms with van der Waals surface area (Å²) in [6, 6.07) is 9.75. The molecule has 1 heterocycles. The lowest BCUT2D eigenvalue weighted by Crippen LogP contribution is -2.20. The Bertz CT molecular complexity index is 542. The van der Waals surface area contributed by atoms with Crippen molar-refractivity contribution >= 4 is 5.69 Å². The van der Waals surface area contributed by atoms with E-state index in [2.05, 4.69) is 10.3 Å². The summed E-state index contributed by atoms with van der Waals surface area (Å²) in [6.45, 7) is 2.61. The van der Waals surface area contributed by atoms with Crippen LogP contribution in [0.5, 0.6) is 5.75 Å². The van der Waals surface area contributed by atoms with E-state index in [1.807, 2.05) is 44.3 Å². The Labute approximate surface area is 113 Å². The lowest BCUT2D eigenvalue weighted by atomic mass is 9.98. The zero-order valence-electron chi connectivity index (χ0n) is 11.3. The molecular formula is C15H19N3O. The van der Waals surface area contributed by atoms with Crippen LogP contribution in [0, 0.1) is 0 Å². The number of benzene rings is 1. The maximum absolute atomic E-state index is 6.04. The van der Waals surface area contributed by atoms with Gasteiger partial charge in [0, 0.05) is 29.2 Å². The molecule has 0 aliphatic heterocycles. The molecular weight excluding hydrogens is 238 g/mol. The number of nitrogen functional groups attached to an aromatic ring is 1. The molecule has 4 nitrogen and oxygen atoms in total. The number of nitrogens with zero attached hydrogens (tertiary/aromatic N) is 1. The van der Waals surface area contributed by atoms with E-state index in [1.165, 1.54) is 0 Å². The standard InChI is InChI=1S/C15H19N3O/c1-3-19-14-7-5-4-6-11(14)15(17-2)12-10-18-9-8-13(12)16/h4-10,15,17H,3H2,1-2H3,(H2,16,18). The van der Waals surface area contributed by atoms with E-state index in [-0.39, 0.29) is 6.04 Å². The summed E-state index contributed by atoms with van der Waals surface area (Å²) in [5.74, 6) is 0.868. The molecule has 2 aromatic rings. The van der Waals surface area contributed by atoms with Crippen LogP contribution in [0.1, 0.15) is 24.1 Å². The summed E-state index contributed by atoms with van der Waals surface area (Å²) in [5, 5.41) is 3.27. The number of para-hydroxylation sites is 1. The second-order valence-corrected chi connectivity index (χ2v) is 4.20. The van der Waals surface area contributed by atoms with Gasteiger partial charge in [-0.1, -0.05) is 18.2 Å². The first-order valence-corrected chi connectivity index (χ1v) is 6.36. The minimum absolute atomic E-state index is 0.0311. The minimum atomic E-state index is -0.0311. The van der Waals surface area contributed by atoms with Crippen LogP contribution in [-0.4, -0.2) is 18.6 Å².